The van der Waals surface area contributed by atoms with E-state index in [1.165, 1.54) is 15.6 Å². The first-order valence-electron chi connectivity index (χ1n) is 13.7. The molecule has 0 spiro atoms. The number of rotatable bonds is 8. The van der Waals surface area contributed by atoms with E-state index >= 15 is 0 Å². The average Bonchev–Trinajstić information content (AvgIpc) is 3.62. The Bertz CT molecular complexity index is 1830. The SMILES string of the molecule is Cc1coc2ccc(S(=O)(=O)N(CCc3ccccc3)c3ccccc3N3CCN(C(=O)c4sccc4Cl)CC3)cc12. The van der Waals surface area contributed by atoms with Crippen molar-refractivity contribution in [2.75, 3.05) is 41.9 Å². The van der Waals surface area contributed by atoms with Gasteiger partial charge in [-0.1, -0.05) is 54.1 Å². The maximum atomic E-state index is 14.4. The minimum Gasteiger partial charge on any atom is -0.464 e. The van der Waals surface area contributed by atoms with Gasteiger partial charge in [0.15, 0.2) is 0 Å². The van der Waals surface area contributed by atoms with E-state index in [-0.39, 0.29) is 17.3 Å². The summed E-state index contributed by atoms with van der Waals surface area (Å²) < 4.78 is 35.9. The third-order valence-corrected chi connectivity index (χ3v) is 10.8. The largest absolute Gasteiger partial charge is 0.464 e. The van der Waals surface area contributed by atoms with Crippen LogP contribution in [0.4, 0.5) is 11.4 Å². The number of furan rings is 1. The number of carbonyl (C=O) groups excluding carboxylic acids is 1. The maximum Gasteiger partial charge on any atom is 0.265 e. The van der Waals surface area contributed by atoms with E-state index in [2.05, 4.69) is 4.90 Å². The highest BCUT2D eigenvalue weighted by molar-refractivity contribution is 7.92. The van der Waals surface area contributed by atoms with Crippen LogP contribution in [-0.2, 0) is 16.4 Å². The van der Waals surface area contributed by atoms with E-state index in [0.29, 0.717) is 53.8 Å². The Kier molecular flexibility index (Phi) is 7.98. The molecule has 10 heteroatoms. The van der Waals surface area contributed by atoms with E-state index < -0.39 is 10.0 Å². The van der Waals surface area contributed by atoms with Crippen molar-refractivity contribution in [3.8, 4) is 0 Å². The number of carbonyl (C=O) groups is 1. The number of aryl methyl sites for hydroxylation is 1. The van der Waals surface area contributed by atoms with Crippen molar-refractivity contribution in [2.45, 2.75) is 18.2 Å². The second-order valence-electron chi connectivity index (χ2n) is 10.3. The first-order valence-corrected chi connectivity index (χ1v) is 16.4. The zero-order chi connectivity index (χ0) is 29.3. The predicted octanol–water partition coefficient (Wildman–Crippen LogP) is 6.86. The van der Waals surface area contributed by atoms with Crippen LogP contribution < -0.4 is 9.21 Å². The topological polar surface area (TPSA) is 74.1 Å². The fourth-order valence-corrected chi connectivity index (χ4v) is 7.96. The molecule has 42 heavy (non-hydrogen) atoms. The molecule has 6 rings (SSSR count). The number of hydrogen-bond donors (Lipinski definition) is 0. The second-order valence-corrected chi connectivity index (χ2v) is 13.4. The summed E-state index contributed by atoms with van der Waals surface area (Å²) >= 11 is 7.57. The van der Waals surface area contributed by atoms with Crippen LogP contribution in [0.3, 0.4) is 0 Å². The Morgan fingerprint density at radius 3 is 2.45 bits per heavy atom. The number of anilines is 2. The number of nitrogens with zero attached hydrogens (tertiary/aromatic N) is 3. The van der Waals surface area contributed by atoms with Crippen molar-refractivity contribution in [1.82, 2.24) is 4.90 Å². The lowest BCUT2D eigenvalue weighted by molar-refractivity contribution is 0.0752. The number of amides is 1. The molecule has 7 nitrogen and oxygen atoms in total. The standard InChI is InChI=1S/C32H30ClN3O4S2/c1-23-22-40-30-12-11-25(21-26(23)30)42(38,39)36(15-13-24-7-3-2-4-8-24)29-10-6-5-9-28(29)34-16-18-35(19-17-34)32(37)31-27(33)14-20-41-31/h2-12,14,20-22H,13,15-19H2,1H3. The van der Waals surface area contributed by atoms with Crippen molar-refractivity contribution in [3.63, 3.8) is 0 Å². The number of thiophene rings is 1. The lowest BCUT2D eigenvalue weighted by Crippen LogP contribution is -2.49. The molecule has 0 unspecified atom stereocenters. The zero-order valence-corrected chi connectivity index (χ0v) is 25.5. The quantitative estimate of drug-likeness (QED) is 0.190. The van der Waals surface area contributed by atoms with E-state index in [9.17, 15) is 13.2 Å². The van der Waals surface area contributed by atoms with Crippen LogP contribution in [0.2, 0.25) is 5.02 Å². The van der Waals surface area contributed by atoms with Gasteiger partial charge >= 0.3 is 0 Å². The normalized spacial score (nSPS) is 14.0. The Morgan fingerprint density at radius 2 is 1.71 bits per heavy atom. The average molecular weight is 620 g/mol. The Labute approximate surface area is 254 Å². The van der Waals surface area contributed by atoms with Crippen LogP contribution in [0.15, 0.2) is 99.8 Å². The van der Waals surface area contributed by atoms with E-state index in [1.54, 1.807) is 30.5 Å². The van der Waals surface area contributed by atoms with Gasteiger partial charge in [0.05, 0.1) is 27.6 Å². The van der Waals surface area contributed by atoms with Crippen LogP contribution in [0.1, 0.15) is 20.8 Å². The number of para-hydroxylation sites is 2. The third-order valence-electron chi connectivity index (χ3n) is 7.64. The first kappa shape index (κ1) is 28.3. The smallest absolute Gasteiger partial charge is 0.265 e. The van der Waals surface area contributed by atoms with Gasteiger partial charge in [-0.15, -0.1) is 11.3 Å². The Hall–Kier alpha value is -3.79. The highest BCUT2D eigenvalue weighted by Gasteiger charge is 2.31. The lowest BCUT2D eigenvalue weighted by atomic mass is 10.1. The highest BCUT2D eigenvalue weighted by atomic mass is 35.5. The molecule has 0 atom stereocenters. The van der Waals surface area contributed by atoms with Gasteiger partial charge in [-0.2, -0.15) is 0 Å². The van der Waals surface area contributed by atoms with Gasteiger partial charge in [0.2, 0.25) is 0 Å². The zero-order valence-electron chi connectivity index (χ0n) is 23.1. The molecular weight excluding hydrogens is 590 g/mol. The fourth-order valence-electron chi connectivity index (χ4n) is 5.35. The van der Waals surface area contributed by atoms with E-state index in [4.69, 9.17) is 16.0 Å². The number of sulfonamides is 1. The molecule has 1 aliphatic rings. The second kappa shape index (κ2) is 11.8. The van der Waals surface area contributed by atoms with Crippen molar-refractivity contribution < 1.29 is 17.6 Å². The van der Waals surface area contributed by atoms with Gasteiger partial charge in [-0.3, -0.25) is 9.10 Å². The molecule has 216 valence electrons. The summed E-state index contributed by atoms with van der Waals surface area (Å²) in [5.41, 5.74) is 4.01. The van der Waals surface area contributed by atoms with Crippen molar-refractivity contribution >= 4 is 61.2 Å². The predicted molar refractivity (Wildman–Crippen MR) is 170 cm³/mol. The van der Waals surface area contributed by atoms with Gasteiger partial charge in [0.1, 0.15) is 10.5 Å². The summed E-state index contributed by atoms with van der Waals surface area (Å²) in [5.74, 6) is -0.0695. The van der Waals surface area contributed by atoms with E-state index in [0.717, 1.165) is 22.2 Å². The number of fused-ring (bicyclic) bond motifs is 1. The molecule has 0 radical (unpaired) electrons. The molecule has 0 bridgehead atoms. The summed E-state index contributed by atoms with van der Waals surface area (Å²) in [6.07, 6.45) is 2.19. The van der Waals surface area contributed by atoms with Crippen molar-refractivity contribution in [1.29, 1.82) is 0 Å². The molecule has 3 heterocycles. The summed E-state index contributed by atoms with van der Waals surface area (Å²) in [5, 5.41) is 3.07. The van der Waals surface area contributed by atoms with Gasteiger partial charge in [-0.25, -0.2) is 8.42 Å². The van der Waals surface area contributed by atoms with Gasteiger partial charge < -0.3 is 14.2 Å². The summed E-state index contributed by atoms with van der Waals surface area (Å²) in [6.45, 7) is 4.32. The van der Waals surface area contributed by atoms with Crippen LogP contribution in [0.25, 0.3) is 11.0 Å². The summed E-state index contributed by atoms with van der Waals surface area (Å²) in [7, 11) is -3.94. The molecule has 2 aromatic heterocycles. The monoisotopic (exact) mass is 619 g/mol. The van der Waals surface area contributed by atoms with Crippen molar-refractivity contribution in [3.05, 3.63) is 112 Å². The molecule has 5 aromatic rings. The molecular formula is C32H30ClN3O4S2. The number of hydrogen-bond acceptors (Lipinski definition) is 6. The molecule has 0 aliphatic carbocycles. The molecule has 1 aliphatic heterocycles. The molecule has 1 amide bonds. The molecule has 0 N–H and O–H groups in total. The number of halogens is 1. The van der Waals surface area contributed by atoms with Gasteiger partial charge in [0.25, 0.3) is 15.9 Å². The first-order chi connectivity index (χ1) is 20.3. The van der Waals surface area contributed by atoms with Crippen LogP contribution in [-0.4, -0.2) is 51.9 Å². The molecule has 0 saturated carbocycles. The van der Waals surface area contributed by atoms with Gasteiger partial charge in [-0.05, 0) is 66.2 Å². The minimum absolute atomic E-state index is 0.0695. The Morgan fingerprint density at radius 1 is 0.976 bits per heavy atom. The van der Waals surface area contributed by atoms with Crippen LogP contribution in [0.5, 0.6) is 0 Å². The Balaban J connectivity index is 1.32. The number of piperazine rings is 1. The van der Waals surface area contributed by atoms with E-state index in [1.807, 2.05) is 71.8 Å². The highest BCUT2D eigenvalue weighted by Crippen LogP contribution is 2.35. The van der Waals surface area contributed by atoms with Crippen LogP contribution >= 0.6 is 22.9 Å². The van der Waals surface area contributed by atoms with Crippen molar-refractivity contribution in [2.24, 2.45) is 0 Å². The summed E-state index contributed by atoms with van der Waals surface area (Å²) in [6, 6.07) is 24.3. The van der Waals surface area contributed by atoms with Crippen LogP contribution in [0, 0.1) is 6.92 Å². The lowest BCUT2D eigenvalue weighted by Gasteiger charge is -2.38. The molecule has 1 fully saturated rings. The summed E-state index contributed by atoms with van der Waals surface area (Å²) in [4.78, 5) is 17.8. The number of benzene rings is 3. The maximum absolute atomic E-state index is 14.4. The molecule has 3 aromatic carbocycles. The minimum atomic E-state index is -3.94. The fraction of sp³-hybridized carbons (Fsp3) is 0.219. The van der Waals surface area contributed by atoms with Gasteiger partial charge in [0, 0.05) is 38.1 Å². The third kappa shape index (κ3) is 5.52. The molecule has 1 saturated heterocycles.